The lowest BCUT2D eigenvalue weighted by Crippen LogP contribution is -2.45. The largest absolute Gasteiger partial charge is 0.333 e. The van der Waals surface area contributed by atoms with Crippen LogP contribution in [0.25, 0.3) is 0 Å². The van der Waals surface area contributed by atoms with Gasteiger partial charge in [-0.3, -0.25) is 15.0 Å². The minimum absolute atomic E-state index is 0.180. The van der Waals surface area contributed by atoms with Gasteiger partial charge in [-0.05, 0) is 30.9 Å². The Labute approximate surface area is 146 Å². The van der Waals surface area contributed by atoms with E-state index in [9.17, 15) is 9.59 Å². The monoisotopic (exact) mass is 345 g/mol. The van der Waals surface area contributed by atoms with Gasteiger partial charge in [0.2, 0.25) is 5.91 Å². The second-order valence-electron chi connectivity index (χ2n) is 5.79. The van der Waals surface area contributed by atoms with E-state index in [4.69, 9.17) is 0 Å². The number of rotatable bonds is 7. The maximum Gasteiger partial charge on any atom is 0.321 e. The molecule has 6 heteroatoms. The summed E-state index contributed by atoms with van der Waals surface area (Å²) in [6, 6.07) is 13.6. The highest BCUT2D eigenvalue weighted by atomic mass is 32.1. The van der Waals surface area contributed by atoms with Crippen LogP contribution in [0.15, 0.2) is 47.8 Å². The summed E-state index contributed by atoms with van der Waals surface area (Å²) in [5, 5.41) is 7.03. The lowest BCUT2D eigenvalue weighted by molar-refractivity contribution is -0.121. The van der Waals surface area contributed by atoms with Crippen LogP contribution in [0.1, 0.15) is 24.3 Å². The number of nitrogens with zero attached hydrogens (tertiary/aromatic N) is 1. The summed E-state index contributed by atoms with van der Waals surface area (Å²) in [5.41, 5.74) is 1.14. The Morgan fingerprint density at radius 1 is 1.12 bits per heavy atom. The van der Waals surface area contributed by atoms with E-state index >= 15 is 0 Å². The average molecular weight is 345 g/mol. The van der Waals surface area contributed by atoms with E-state index in [2.05, 4.69) is 10.6 Å². The molecular formula is C18H23N3O2S. The van der Waals surface area contributed by atoms with Gasteiger partial charge in [0.1, 0.15) is 0 Å². The lowest BCUT2D eigenvalue weighted by Gasteiger charge is -2.25. The normalized spacial score (nSPS) is 10.8. The first-order valence-corrected chi connectivity index (χ1v) is 8.80. The van der Waals surface area contributed by atoms with E-state index in [0.717, 1.165) is 10.4 Å². The maximum absolute atomic E-state index is 12.1. The number of carbonyl (C=O) groups excluding carboxylic acids is 2. The van der Waals surface area contributed by atoms with Crippen LogP contribution in [0.5, 0.6) is 0 Å². The van der Waals surface area contributed by atoms with Crippen molar-refractivity contribution in [1.29, 1.82) is 0 Å². The summed E-state index contributed by atoms with van der Waals surface area (Å²) in [4.78, 5) is 27.0. The molecule has 0 saturated heterocycles. The fourth-order valence-electron chi connectivity index (χ4n) is 2.21. The molecule has 2 N–H and O–H groups in total. The number of imide groups is 1. The summed E-state index contributed by atoms with van der Waals surface area (Å²) in [6.07, 6.45) is 0. The smallest absolute Gasteiger partial charge is 0.321 e. The molecule has 5 nitrogen and oxygen atoms in total. The molecule has 2 aromatic rings. The van der Waals surface area contributed by atoms with E-state index < -0.39 is 6.03 Å². The zero-order valence-electron chi connectivity index (χ0n) is 14.0. The summed E-state index contributed by atoms with van der Waals surface area (Å²) in [6.45, 7) is 5.34. The van der Waals surface area contributed by atoms with Crippen molar-refractivity contribution < 1.29 is 9.59 Å². The van der Waals surface area contributed by atoms with Gasteiger partial charge in [-0.15, -0.1) is 11.3 Å². The van der Waals surface area contributed by atoms with Crippen LogP contribution in [0.4, 0.5) is 4.79 Å². The highest BCUT2D eigenvalue weighted by Crippen LogP contribution is 2.08. The molecular weight excluding hydrogens is 322 g/mol. The van der Waals surface area contributed by atoms with Crippen LogP contribution in [0, 0.1) is 0 Å². The Kier molecular flexibility index (Phi) is 6.96. The molecule has 1 aromatic heterocycles. The van der Waals surface area contributed by atoms with Gasteiger partial charge in [-0.1, -0.05) is 36.4 Å². The van der Waals surface area contributed by atoms with Crippen LogP contribution in [0.3, 0.4) is 0 Å². The molecule has 3 amide bonds. The molecule has 128 valence electrons. The van der Waals surface area contributed by atoms with Crippen molar-refractivity contribution in [3.63, 3.8) is 0 Å². The first-order valence-electron chi connectivity index (χ1n) is 7.92. The third-order valence-electron chi connectivity index (χ3n) is 3.56. The van der Waals surface area contributed by atoms with E-state index in [-0.39, 0.29) is 18.5 Å². The number of amides is 3. The quantitative estimate of drug-likeness (QED) is 0.811. The van der Waals surface area contributed by atoms with Gasteiger partial charge in [0.05, 0.1) is 13.1 Å². The van der Waals surface area contributed by atoms with Crippen LogP contribution in [0.2, 0.25) is 0 Å². The Balaban J connectivity index is 1.80. The molecule has 0 radical (unpaired) electrons. The van der Waals surface area contributed by atoms with Crippen LogP contribution in [-0.4, -0.2) is 29.4 Å². The Hall–Kier alpha value is -2.18. The first-order chi connectivity index (χ1) is 11.5. The number of hydrogen-bond donors (Lipinski definition) is 2. The van der Waals surface area contributed by atoms with E-state index in [1.807, 2.05) is 66.6 Å². The minimum atomic E-state index is -0.461. The molecule has 2 rings (SSSR count). The third-order valence-corrected chi connectivity index (χ3v) is 4.44. The molecule has 0 aliphatic rings. The molecule has 1 heterocycles. The van der Waals surface area contributed by atoms with Crippen molar-refractivity contribution >= 4 is 23.3 Å². The lowest BCUT2D eigenvalue weighted by atomic mass is 10.2. The van der Waals surface area contributed by atoms with E-state index in [1.54, 1.807) is 11.3 Å². The number of nitrogens with one attached hydrogen (secondary N) is 2. The van der Waals surface area contributed by atoms with Crippen LogP contribution < -0.4 is 10.6 Å². The zero-order chi connectivity index (χ0) is 17.4. The van der Waals surface area contributed by atoms with Gasteiger partial charge in [-0.25, -0.2) is 4.79 Å². The molecule has 0 bridgehead atoms. The van der Waals surface area contributed by atoms with Crippen molar-refractivity contribution in [2.75, 3.05) is 6.54 Å². The topological polar surface area (TPSA) is 61.4 Å². The first kappa shape index (κ1) is 18.2. The van der Waals surface area contributed by atoms with Gasteiger partial charge in [0, 0.05) is 17.5 Å². The second-order valence-corrected chi connectivity index (χ2v) is 6.83. The van der Waals surface area contributed by atoms with Gasteiger partial charge < -0.3 is 5.32 Å². The number of hydrogen-bond acceptors (Lipinski definition) is 4. The highest BCUT2D eigenvalue weighted by molar-refractivity contribution is 7.09. The molecule has 0 spiro atoms. The number of thiophene rings is 1. The Bertz CT molecular complexity index is 642. The highest BCUT2D eigenvalue weighted by Gasteiger charge is 2.16. The third kappa shape index (κ3) is 6.14. The zero-order valence-corrected chi connectivity index (χ0v) is 14.8. The molecule has 0 fully saturated rings. The maximum atomic E-state index is 12.1. The molecule has 0 aliphatic heterocycles. The van der Waals surface area contributed by atoms with Crippen molar-refractivity contribution in [3.8, 4) is 0 Å². The SMILES string of the molecule is CC(C)N(CC(=O)NC(=O)NCc1cccs1)Cc1ccccc1. The summed E-state index contributed by atoms with van der Waals surface area (Å²) in [5.74, 6) is -0.302. The van der Waals surface area contributed by atoms with Crippen molar-refractivity contribution in [2.24, 2.45) is 0 Å². The van der Waals surface area contributed by atoms with E-state index in [1.165, 1.54) is 0 Å². The van der Waals surface area contributed by atoms with Gasteiger partial charge >= 0.3 is 6.03 Å². The van der Waals surface area contributed by atoms with Crippen molar-refractivity contribution in [2.45, 2.75) is 33.0 Å². The molecule has 24 heavy (non-hydrogen) atoms. The standard InChI is InChI=1S/C18H23N3O2S/c1-14(2)21(12-15-7-4-3-5-8-15)13-17(22)20-18(23)19-11-16-9-6-10-24-16/h3-10,14H,11-13H2,1-2H3,(H2,19,20,22,23). The van der Waals surface area contributed by atoms with E-state index in [0.29, 0.717) is 13.1 Å². The van der Waals surface area contributed by atoms with Gasteiger partial charge in [0.25, 0.3) is 0 Å². The number of benzene rings is 1. The molecule has 1 aromatic carbocycles. The molecule has 0 saturated carbocycles. The van der Waals surface area contributed by atoms with Gasteiger partial charge in [-0.2, -0.15) is 0 Å². The minimum Gasteiger partial charge on any atom is -0.333 e. The van der Waals surface area contributed by atoms with Crippen molar-refractivity contribution in [1.82, 2.24) is 15.5 Å². The number of urea groups is 1. The average Bonchev–Trinajstić information content (AvgIpc) is 3.06. The predicted octanol–water partition coefficient (Wildman–Crippen LogP) is 2.98. The molecule has 0 unspecified atom stereocenters. The molecule has 0 aliphatic carbocycles. The summed E-state index contributed by atoms with van der Waals surface area (Å²) in [7, 11) is 0. The molecule has 0 atom stereocenters. The fraction of sp³-hybridized carbons (Fsp3) is 0.333. The second kappa shape index (κ2) is 9.20. The van der Waals surface area contributed by atoms with Crippen molar-refractivity contribution in [3.05, 3.63) is 58.3 Å². The fourth-order valence-corrected chi connectivity index (χ4v) is 2.86. The number of carbonyl (C=O) groups is 2. The van der Waals surface area contributed by atoms with Gasteiger partial charge in [0.15, 0.2) is 0 Å². The summed E-state index contributed by atoms with van der Waals surface area (Å²) < 4.78 is 0. The van der Waals surface area contributed by atoms with Crippen LogP contribution in [-0.2, 0) is 17.9 Å². The predicted molar refractivity (Wildman–Crippen MR) is 96.7 cm³/mol. The van der Waals surface area contributed by atoms with Crippen LogP contribution >= 0.6 is 11.3 Å². The Morgan fingerprint density at radius 2 is 1.88 bits per heavy atom. The Morgan fingerprint density at radius 3 is 2.50 bits per heavy atom. The summed E-state index contributed by atoms with van der Waals surface area (Å²) >= 11 is 1.56.